The van der Waals surface area contributed by atoms with Crippen molar-refractivity contribution < 1.29 is 18.3 Å². The number of nitrogens with one attached hydrogen (secondary N) is 1. The SMILES string of the molecule is C[C@@H]1CN(C(C)(C)CNC(=O)N(CC(F)F)C2CC2)C[C@@H](C)O1. The number of urea groups is 1. The Kier molecular flexibility index (Phi) is 5.84. The maximum Gasteiger partial charge on any atom is 0.317 e. The summed E-state index contributed by atoms with van der Waals surface area (Å²) in [5.74, 6) is 0. The van der Waals surface area contributed by atoms with Gasteiger partial charge in [-0.05, 0) is 40.5 Å². The Labute approximate surface area is 137 Å². The van der Waals surface area contributed by atoms with E-state index < -0.39 is 13.0 Å². The fraction of sp³-hybridized carbons (Fsp3) is 0.938. The van der Waals surface area contributed by atoms with Crippen molar-refractivity contribution in [1.29, 1.82) is 0 Å². The number of halogens is 2. The van der Waals surface area contributed by atoms with Crippen molar-refractivity contribution in [1.82, 2.24) is 15.1 Å². The highest BCUT2D eigenvalue weighted by atomic mass is 19.3. The molecule has 0 unspecified atom stereocenters. The van der Waals surface area contributed by atoms with E-state index in [2.05, 4.69) is 24.1 Å². The van der Waals surface area contributed by atoms with Crippen molar-refractivity contribution in [3.05, 3.63) is 0 Å². The Hall–Kier alpha value is -0.950. The van der Waals surface area contributed by atoms with Crippen LogP contribution in [0.1, 0.15) is 40.5 Å². The second-order valence-corrected chi connectivity index (χ2v) is 7.41. The lowest BCUT2D eigenvalue weighted by Gasteiger charge is -2.45. The maximum absolute atomic E-state index is 12.6. The van der Waals surface area contributed by atoms with Crippen molar-refractivity contribution >= 4 is 6.03 Å². The first-order valence-corrected chi connectivity index (χ1v) is 8.42. The molecule has 2 fully saturated rings. The van der Waals surface area contributed by atoms with Crippen LogP contribution in [-0.4, -0.2) is 72.2 Å². The number of rotatable bonds is 6. The van der Waals surface area contributed by atoms with Crippen LogP contribution < -0.4 is 5.32 Å². The monoisotopic (exact) mass is 333 g/mol. The average Bonchev–Trinajstić information content (AvgIpc) is 3.25. The number of hydrogen-bond acceptors (Lipinski definition) is 3. The molecule has 1 saturated heterocycles. The Balaban J connectivity index is 1.88. The Morgan fingerprint density at radius 3 is 2.35 bits per heavy atom. The van der Waals surface area contributed by atoms with Gasteiger partial charge in [0.15, 0.2) is 0 Å². The van der Waals surface area contributed by atoms with Crippen molar-refractivity contribution in [2.75, 3.05) is 26.2 Å². The van der Waals surface area contributed by atoms with Gasteiger partial charge < -0.3 is 15.0 Å². The van der Waals surface area contributed by atoms with Gasteiger partial charge in [-0.25, -0.2) is 13.6 Å². The standard InChI is InChI=1S/C16H29F2N3O2/c1-11-7-20(8-12(2)23-11)16(3,4)10-19-15(22)21(9-14(17)18)13-5-6-13/h11-14H,5-10H2,1-4H3,(H,19,22)/t11-,12-/m1/s1. The summed E-state index contributed by atoms with van der Waals surface area (Å²) in [5, 5.41) is 2.85. The molecular weight excluding hydrogens is 304 g/mol. The van der Waals surface area contributed by atoms with Gasteiger partial charge in [0.2, 0.25) is 0 Å². The average molecular weight is 333 g/mol. The van der Waals surface area contributed by atoms with Gasteiger partial charge in [0.25, 0.3) is 6.43 Å². The molecule has 1 aliphatic carbocycles. The minimum absolute atomic E-state index is 0.0180. The van der Waals surface area contributed by atoms with Crippen LogP contribution in [0, 0.1) is 0 Å². The second-order valence-electron chi connectivity index (χ2n) is 7.41. The van der Waals surface area contributed by atoms with E-state index in [4.69, 9.17) is 4.74 Å². The summed E-state index contributed by atoms with van der Waals surface area (Å²) in [4.78, 5) is 15.8. The highest BCUT2D eigenvalue weighted by molar-refractivity contribution is 5.75. The van der Waals surface area contributed by atoms with E-state index >= 15 is 0 Å². The molecule has 2 aliphatic rings. The van der Waals surface area contributed by atoms with Crippen molar-refractivity contribution in [3.8, 4) is 0 Å². The Bertz CT molecular complexity index is 406. The van der Waals surface area contributed by atoms with Crippen LogP contribution in [0.4, 0.5) is 13.6 Å². The van der Waals surface area contributed by atoms with E-state index in [1.807, 2.05) is 13.8 Å². The predicted molar refractivity (Wildman–Crippen MR) is 84.8 cm³/mol. The van der Waals surface area contributed by atoms with Crippen LogP contribution in [0.2, 0.25) is 0 Å². The summed E-state index contributed by atoms with van der Waals surface area (Å²) in [6, 6.07) is -0.397. The third-order valence-corrected chi connectivity index (χ3v) is 4.53. The molecular formula is C16H29F2N3O2. The van der Waals surface area contributed by atoms with Crippen molar-refractivity contribution in [2.24, 2.45) is 0 Å². The normalized spacial score (nSPS) is 26.4. The summed E-state index contributed by atoms with van der Waals surface area (Å²) >= 11 is 0. The molecule has 0 aromatic rings. The molecule has 5 nitrogen and oxygen atoms in total. The molecule has 1 aliphatic heterocycles. The number of morpholine rings is 1. The Morgan fingerprint density at radius 2 is 1.87 bits per heavy atom. The highest BCUT2D eigenvalue weighted by Crippen LogP contribution is 2.27. The van der Waals surface area contributed by atoms with Gasteiger partial charge in [0, 0.05) is 31.2 Å². The van der Waals surface area contributed by atoms with Gasteiger partial charge in [-0.15, -0.1) is 0 Å². The van der Waals surface area contributed by atoms with E-state index in [9.17, 15) is 13.6 Å². The minimum Gasteiger partial charge on any atom is -0.373 e. The molecule has 0 spiro atoms. The van der Waals surface area contributed by atoms with E-state index in [1.54, 1.807) is 0 Å². The van der Waals surface area contributed by atoms with Gasteiger partial charge in [-0.2, -0.15) is 0 Å². The molecule has 0 aromatic heterocycles. The van der Waals surface area contributed by atoms with Gasteiger partial charge in [0.05, 0.1) is 18.8 Å². The second kappa shape index (κ2) is 7.30. The Morgan fingerprint density at radius 1 is 1.30 bits per heavy atom. The third-order valence-electron chi connectivity index (χ3n) is 4.53. The fourth-order valence-corrected chi connectivity index (χ4v) is 3.11. The van der Waals surface area contributed by atoms with Crippen molar-refractivity contribution in [2.45, 2.75) is 70.8 Å². The fourth-order valence-electron chi connectivity index (χ4n) is 3.11. The zero-order valence-electron chi connectivity index (χ0n) is 14.5. The van der Waals surface area contributed by atoms with E-state index in [-0.39, 0.29) is 29.8 Å². The first-order chi connectivity index (χ1) is 10.7. The largest absolute Gasteiger partial charge is 0.373 e. The van der Waals surface area contributed by atoms with Gasteiger partial charge >= 0.3 is 6.03 Å². The lowest BCUT2D eigenvalue weighted by Crippen LogP contribution is -2.59. The number of carbonyl (C=O) groups excluding carboxylic acids is 1. The quantitative estimate of drug-likeness (QED) is 0.811. The topological polar surface area (TPSA) is 44.8 Å². The van der Waals surface area contributed by atoms with E-state index in [0.717, 1.165) is 25.9 Å². The highest BCUT2D eigenvalue weighted by Gasteiger charge is 2.37. The lowest BCUT2D eigenvalue weighted by molar-refractivity contribution is -0.0949. The number of amides is 2. The number of hydrogen-bond donors (Lipinski definition) is 1. The summed E-state index contributed by atoms with van der Waals surface area (Å²) in [7, 11) is 0. The summed E-state index contributed by atoms with van der Waals surface area (Å²) in [5.41, 5.74) is -0.248. The smallest absolute Gasteiger partial charge is 0.317 e. The van der Waals surface area contributed by atoms with Gasteiger partial charge in [0.1, 0.15) is 0 Å². The van der Waals surface area contributed by atoms with Crippen LogP contribution >= 0.6 is 0 Å². The summed E-state index contributed by atoms with van der Waals surface area (Å²) in [6.07, 6.45) is -0.550. The molecule has 2 atom stereocenters. The maximum atomic E-state index is 12.6. The van der Waals surface area contributed by atoms with Gasteiger partial charge in [-0.3, -0.25) is 4.90 Å². The van der Waals surface area contributed by atoms with E-state index in [1.165, 1.54) is 4.90 Å². The van der Waals surface area contributed by atoms with Crippen molar-refractivity contribution in [3.63, 3.8) is 0 Å². The molecule has 23 heavy (non-hydrogen) atoms. The summed E-state index contributed by atoms with van der Waals surface area (Å²) in [6.45, 7) is 9.75. The zero-order valence-corrected chi connectivity index (χ0v) is 14.5. The lowest BCUT2D eigenvalue weighted by atomic mass is 10.00. The number of alkyl halides is 2. The first kappa shape index (κ1) is 18.4. The van der Waals surface area contributed by atoms with Crippen LogP contribution in [0.15, 0.2) is 0 Å². The zero-order chi connectivity index (χ0) is 17.2. The molecule has 1 saturated carbocycles. The van der Waals surface area contributed by atoms with Crippen LogP contribution in [-0.2, 0) is 4.74 Å². The molecule has 0 radical (unpaired) electrons. The van der Waals surface area contributed by atoms with Crippen LogP contribution in [0.5, 0.6) is 0 Å². The molecule has 2 amide bonds. The number of ether oxygens (including phenoxy) is 1. The molecule has 2 rings (SSSR count). The number of nitrogens with zero attached hydrogens (tertiary/aromatic N) is 2. The minimum atomic E-state index is -2.49. The molecule has 1 N–H and O–H groups in total. The number of carbonyl (C=O) groups is 1. The van der Waals surface area contributed by atoms with Gasteiger partial charge in [-0.1, -0.05) is 0 Å². The molecule has 0 aromatic carbocycles. The predicted octanol–water partition coefficient (Wildman–Crippen LogP) is 2.31. The molecule has 134 valence electrons. The molecule has 1 heterocycles. The van der Waals surface area contributed by atoms with Crippen LogP contribution in [0.25, 0.3) is 0 Å². The molecule has 7 heteroatoms. The first-order valence-electron chi connectivity index (χ1n) is 8.42. The van der Waals surface area contributed by atoms with E-state index in [0.29, 0.717) is 6.54 Å². The van der Waals surface area contributed by atoms with Crippen LogP contribution in [0.3, 0.4) is 0 Å². The molecule has 0 bridgehead atoms. The summed E-state index contributed by atoms with van der Waals surface area (Å²) < 4.78 is 31.0. The third kappa shape index (κ3) is 5.28.